The van der Waals surface area contributed by atoms with Crippen LogP contribution < -0.4 is 9.62 Å². The number of nitrogens with one attached hydrogen (secondary N) is 1. The lowest BCUT2D eigenvalue weighted by Gasteiger charge is -2.26. The molecule has 1 heterocycles. The molecule has 228 valence electrons. The highest BCUT2D eigenvalue weighted by Crippen LogP contribution is 2.34. The fraction of sp³-hybridized carbons (Fsp3) is 0.194. The first-order valence-electron chi connectivity index (χ1n) is 13.5. The van der Waals surface area contributed by atoms with Crippen LogP contribution in [-0.2, 0) is 26.1 Å². The molecule has 13 heteroatoms. The van der Waals surface area contributed by atoms with E-state index in [1.165, 1.54) is 24.3 Å². The van der Waals surface area contributed by atoms with Crippen LogP contribution in [-0.4, -0.2) is 69.1 Å². The van der Waals surface area contributed by atoms with Crippen LogP contribution in [0.4, 0.5) is 5.69 Å². The Bertz CT molecular complexity index is 1820. The molecule has 0 radical (unpaired) electrons. The van der Waals surface area contributed by atoms with Crippen molar-refractivity contribution >= 4 is 67.5 Å². The summed E-state index contributed by atoms with van der Waals surface area (Å²) in [5, 5.41) is 13.4. The largest absolute Gasteiger partial charge is 0.480 e. The molecule has 1 aliphatic heterocycles. The molecule has 4 aromatic carbocycles. The Balaban J connectivity index is 1.40. The Labute approximate surface area is 263 Å². The summed E-state index contributed by atoms with van der Waals surface area (Å²) >= 11 is 12.1. The third-order valence-electron chi connectivity index (χ3n) is 7.07. The highest BCUT2D eigenvalue weighted by molar-refractivity contribution is 7.93. The summed E-state index contributed by atoms with van der Waals surface area (Å²) in [5.41, 5.74) is 1.65. The number of carbonyl (C=O) groups excluding carboxylic acids is 2. The van der Waals surface area contributed by atoms with E-state index in [1.54, 1.807) is 59.5 Å². The average molecular weight is 657 g/mol. The van der Waals surface area contributed by atoms with Gasteiger partial charge in [0.25, 0.3) is 21.8 Å². The van der Waals surface area contributed by atoms with E-state index in [0.717, 1.165) is 9.87 Å². The molecule has 2 amide bonds. The first-order chi connectivity index (χ1) is 21.0. The third-order valence-corrected chi connectivity index (χ3v) is 9.24. The van der Waals surface area contributed by atoms with Gasteiger partial charge < -0.3 is 20.1 Å². The Kier molecular flexibility index (Phi) is 9.40. The molecule has 44 heavy (non-hydrogen) atoms. The number of ether oxygens (including phenoxy) is 1. The highest BCUT2D eigenvalue weighted by atomic mass is 35.5. The van der Waals surface area contributed by atoms with Gasteiger partial charge in [0, 0.05) is 46.2 Å². The predicted molar refractivity (Wildman–Crippen MR) is 167 cm³/mol. The van der Waals surface area contributed by atoms with Gasteiger partial charge in [0.2, 0.25) is 0 Å². The van der Waals surface area contributed by atoms with E-state index in [2.05, 4.69) is 5.32 Å². The summed E-state index contributed by atoms with van der Waals surface area (Å²) in [7, 11) is -4.43. The van der Waals surface area contributed by atoms with E-state index >= 15 is 0 Å². The number of amides is 2. The molecule has 2 N–H and O–H groups in total. The van der Waals surface area contributed by atoms with Crippen molar-refractivity contribution in [3.8, 4) is 0 Å². The number of hydrogen-bond donors (Lipinski definition) is 2. The Morgan fingerprint density at radius 2 is 1.52 bits per heavy atom. The summed E-state index contributed by atoms with van der Waals surface area (Å²) in [5.74, 6) is -1.88. The summed E-state index contributed by atoms with van der Waals surface area (Å²) < 4.78 is 33.4. The zero-order chi connectivity index (χ0) is 31.4. The number of hydrogen-bond acceptors (Lipinski definition) is 6. The van der Waals surface area contributed by atoms with Gasteiger partial charge in [-0.15, -0.1) is 0 Å². The maximum absolute atomic E-state index is 13.7. The quantitative estimate of drug-likeness (QED) is 0.264. The molecule has 1 fully saturated rings. The molecule has 0 aliphatic carbocycles. The Morgan fingerprint density at radius 3 is 2.18 bits per heavy atom. The van der Waals surface area contributed by atoms with E-state index in [-0.39, 0.29) is 38.6 Å². The predicted octanol–water partition coefficient (Wildman–Crippen LogP) is 4.83. The van der Waals surface area contributed by atoms with Crippen LogP contribution in [0.25, 0.3) is 10.8 Å². The van der Waals surface area contributed by atoms with Gasteiger partial charge in [-0.3, -0.25) is 18.7 Å². The smallest absolute Gasteiger partial charge is 0.324 e. The fourth-order valence-electron chi connectivity index (χ4n) is 4.93. The number of aliphatic carboxylic acids is 1. The maximum atomic E-state index is 13.7. The van der Waals surface area contributed by atoms with Crippen LogP contribution in [0.2, 0.25) is 10.0 Å². The second kappa shape index (κ2) is 13.2. The molecular formula is C31H27Cl2N3O7S. The van der Waals surface area contributed by atoms with Crippen LogP contribution in [0.3, 0.4) is 0 Å². The van der Waals surface area contributed by atoms with Crippen molar-refractivity contribution in [2.75, 3.05) is 37.2 Å². The molecule has 10 nitrogen and oxygen atoms in total. The van der Waals surface area contributed by atoms with Gasteiger partial charge in [-0.1, -0.05) is 59.6 Å². The van der Waals surface area contributed by atoms with Crippen LogP contribution in [0.1, 0.15) is 26.3 Å². The molecular weight excluding hydrogens is 629 g/mol. The van der Waals surface area contributed by atoms with Crippen LogP contribution in [0.5, 0.6) is 0 Å². The lowest BCUT2D eigenvalue weighted by molar-refractivity contribution is -0.135. The van der Waals surface area contributed by atoms with Gasteiger partial charge in [-0.2, -0.15) is 0 Å². The summed E-state index contributed by atoms with van der Waals surface area (Å²) in [6, 6.07) is 20.2. The van der Waals surface area contributed by atoms with Crippen molar-refractivity contribution < 1.29 is 32.6 Å². The monoisotopic (exact) mass is 655 g/mol. The number of carboxylic acids is 1. The first-order valence-corrected chi connectivity index (χ1v) is 15.7. The second-order valence-electron chi connectivity index (χ2n) is 9.97. The number of anilines is 1. The van der Waals surface area contributed by atoms with E-state index in [0.29, 0.717) is 42.6 Å². The minimum Gasteiger partial charge on any atom is -0.480 e. The molecule has 1 aliphatic rings. The standard InChI is InChI=1S/C31H27Cl2N3O7S/c32-22-15-23(33)17-24(16-22)44(41,42)36(19-29(37)38)28-6-2-3-25-26(28)4-1-5-27(25)30(39)34-18-20-7-9-21(10-8-20)31(40)35-11-13-43-14-12-35/h1-10,15-17H,11-14,18-19H2,(H,34,39)(H,37,38). The number of benzene rings is 4. The van der Waals surface area contributed by atoms with Gasteiger partial charge in [-0.25, -0.2) is 8.42 Å². The average Bonchev–Trinajstić information content (AvgIpc) is 3.01. The first kappa shape index (κ1) is 31.3. The zero-order valence-electron chi connectivity index (χ0n) is 23.2. The van der Waals surface area contributed by atoms with Gasteiger partial charge in [0.15, 0.2) is 0 Å². The van der Waals surface area contributed by atoms with Gasteiger partial charge in [-0.05, 0) is 53.4 Å². The normalized spacial score (nSPS) is 13.5. The Morgan fingerprint density at radius 1 is 0.886 bits per heavy atom. The molecule has 4 aromatic rings. The van der Waals surface area contributed by atoms with Gasteiger partial charge >= 0.3 is 5.97 Å². The molecule has 0 bridgehead atoms. The fourth-order valence-corrected chi connectivity index (χ4v) is 7.09. The van der Waals surface area contributed by atoms with Crippen molar-refractivity contribution in [3.05, 3.63) is 106 Å². The minimum absolute atomic E-state index is 0.0659. The maximum Gasteiger partial charge on any atom is 0.324 e. The van der Waals surface area contributed by atoms with Gasteiger partial charge in [0.05, 0.1) is 23.8 Å². The number of halogens is 2. The summed E-state index contributed by atoms with van der Waals surface area (Å²) in [6.07, 6.45) is 0. The van der Waals surface area contributed by atoms with Crippen LogP contribution >= 0.6 is 23.2 Å². The van der Waals surface area contributed by atoms with E-state index in [9.17, 15) is 27.9 Å². The lowest BCUT2D eigenvalue weighted by atomic mass is 10.0. The number of carbonyl (C=O) groups is 3. The molecule has 0 unspecified atom stereocenters. The SMILES string of the molecule is O=C(O)CN(c1cccc2c(C(=O)NCc3ccc(C(=O)N4CCOCC4)cc3)cccc12)S(=O)(=O)c1cc(Cl)cc(Cl)c1. The summed E-state index contributed by atoms with van der Waals surface area (Å²) in [6.45, 7) is 1.39. The number of rotatable bonds is 9. The number of fused-ring (bicyclic) bond motifs is 1. The van der Waals surface area contributed by atoms with E-state index in [1.807, 2.05) is 0 Å². The number of carboxylic acid groups (broad SMARTS) is 1. The minimum atomic E-state index is -4.43. The number of nitrogens with zero attached hydrogens (tertiary/aromatic N) is 2. The number of sulfonamides is 1. The molecule has 0 aromatic heterocycles. The molecule has 5 rings (SSSR count). The topological polar surface area (TPSA) is 133 Å². The third kappa shape index (κ3) is 6.81. The van der Waals surface area contributed by atoms with E-state index in [4.69, 9.17) is 27.9 Å². The van der Waals surface area contributed by atoms with Crippen molar-refractivity contribution in [2.45, 2.75) is 11.4 Å². The lowest BCUT2D eigenvalue weighted by Crippen LogP contribution is -2.40. The zero-order valence-corrected chi connectivity index (χ0v) is 25.5. The Hall–Kier alpha value is -4.16. The van der Waals surface area contributed by atoms with Crippen LogP contribution in [0, 0.1) is 0 Å². The van der Waals surface area contributed by atoms with E-state index < -0.39 is 28.4 Å². The van der Waals surface area contributed by atoms with Gasteiger partial charge in [0.1, 0.15) is 6.54 Å². The van der Waals surface area contributed by atoms with Crippen molar-refractivity contribution in [1.82, 2.24) is 10.2 Å². The van der Waals surface area contributed by atoms with Crippen molar-refractivity contribution in [2.24, 2.45) is 0 Å². The van der Waals surface area contributed by atoms with Crippen LogP contribution in [0.15, 0.2) is 83.8 Å². The molecule has 1 saturated heterocycles. The van der Waals surface area contributed by atoms with Crippen molar-refractivity contribution in [1.29, 1.82) is 0 Å². The number of morpholine rings is 1. The molecule has 0 spiro atoms. The second-order valence-corrected chi connectivity index (χ2v) is 12.7. The molecule has 0 saturated carbocycles. The highest BCUT2D eigenvalue weighted by Gasteiger charge is 2.29. The van der Waals surface area contributed by atoms with Crippen molar-refractivity contribution in [3.63, 3.8) is 0 Å². The summed E-state index contributed by atoms with van der Waals surface area (Å²) in [4.78, 5) is 39.3. The molecule has 0 atom stereocenters.